The first-order chi connectivity index (χ1) is 6.20. The van der Waals surface area contributed by atoms with Crippen LogP contribution in [-0.4, -0.2) is 11.1 Å². The van der Waals surface area contributed by atoms with Crippen LogP contribution in [0.15, 0.2) is 18.2 Å². The zero-order valence-electron chi connectivity index (χ0n) is 6.76. The first-order valence-corrected chi connectivity index (χ1v) is 3.66. The van der Waals surface area contributed by atoms with Crippen LogP contribution in [0.25, 0.3) is 0 Å². The van der Waals surface area contributed by atoms with E-state index in [0.29, 0.717) is 0 Å². The van der Waals surface area contributed by atoms with Crippen LogP contribution >= 0.6 is 0 Å². The number of rotatable bonds is 3. The third-order valence-corrected chi connectivity index (χ3v) is 1.78. The monoisotopic (exact) mass is 186 g/mol. The average Bonchev–Trinajstić information content (AvgIpc) is 2.16. The highest BCUT2D eigenvalue weighted by atomic mass is 19.1. The van der Waals surface area contributed by atoms with Crippen molar-refractivity contribution in [2.24, 2.45) is 0 Å². The summed E-state index contributed by atoms with van der Waals surface area (Å²) in [6, 6.07) is 4.04. The number of alkyl halides is 2. The number of hydrogen-bond acceptors (Lipinski definition) is 1. The van der Waals surface area contributed by atoms with Gasteiger partial charge in [-0.3, -0.25) is 0 Å². The van der Waals surface area contributed by atoms with E-state index in [-0.39, 0.29) is 16.7 Å². The fraction of sp³-hybridized carbons (Fsp3) is 0.222. The van der Waals surface area contributed by atoms with Gasteiger partial charge in [0.25, 0.3) is 0 Å². The van der Waals surface area contributed by atoms with Gasteiger partial charge in [-0.15, -0.1) is 0 Å². The van der Waals surface area contributed by atoms with Gasteiger partial charge in [0.15, 0.2) is 0 Å². The molecule has 0 aliphatic heterocycles. The van der Waals surface area contributed by atoms with Gasteiger partial charge >= 0.3 is 5.97 Å². The lowest BCUT2D eigenvalue weighted by atomic mass is 10.0. The first kappa shape index (κ1) is 9.64. The Labute approximate surface area is 73.8 Å². The minimum Gasteiger partial charge on any atom is -0.478 e. The van der Waals surface area contributed by atoms with E-state index in [1.54, 1.807) is 0 Å². The smallest absolute Gasteiger partial charge is 0.336 e. The van der Waals surface area contributed by atoms with Crippen molar-refractivity contribution in [2.75, 3.05) is 0 Å². The SMILES string of the molecule is O=C(O)c1cccc(CF)c1CF. The molecule has 0 atom stereocenters. The summed E-state index contributed by atoms with van der Waals surface area (Å²) < 4.78 is 24.6. The van der Waals surface area contributed by atoms with Crippen molar-refractivity contribution in [2.45, 2.75) is 13.3 Å². The highest BCUT2D eigenvalue weighted by Crippen LogP contribution is 2.17. The average molecular weight is 186 g/mol. The van der Waals surface area contributed by atoms with Crippen molar-refractivity contribution in [3.63, 3.8) is 0 Å². The Morgan fingerprint density at radius 1 is 1.31 bits per heavy atom. The van der Waals surface area contributed by atoms with Crippen molar-refractivity contribution < 1.29 is 18.7 Å². The second-order valence-corrected chi connectivity index (χ2v) is 2.52. The molecule has 70 valence electrons. The fourth-order valence-electron chi connectivity index (χ4n) is 1.12. The van der Waals surface area contributed by atoms with Crippen LogP contribution in [0.3, 0.4) is 0 Å². The lowest BCUT2D eigenvalue weighted by Gasteiger charge is -2.05. The molecule has 2 nitrogen and oxygen atoms in total. The fourth-order valence-corrected chi connectivity index (χ4v) is 1.12. The molecule has 0 bridgehead atoms. The molecule has 0 saturated carbocycles. The minimum atomic E-state index is -1.23. The highest BCUT2D eigenvalue weighted by Gasteiger charge is 2.12. The van der Waals surface area contributed by atoms with Crippen LogP contribution in [0.4, 0.5) is 8.78 Å². The van der Waals surface area contributed by atoms with Crippen molar-refractivity contribution >= 4 is 5.97 Å². The van der Waals surface area contributed by atoms with Gasteiger partial charge in [-0.2, -0.15) is 0 Å². The van der Waals surface area contributed by atoms with Gasteiger partial charge in [-0.05, 0) is 11.6 Å². The van der Waals surface area contributed by atoms with Crippen LogP contribution in [0, 0.1) is 0 Å². The molecule has 1 aromatic carbocycles. The maximum atomic E-state index is 12.4. The van der Waals surface area contributed by atoms with Gasteiger partial charge in [0, 0.05) is 5.56 Å². The Kier molecular flexibility index (Phi) is 2.95. The van der Waals surface area contributed by atoms with E-state index >= 15 is 0 Å². The molecule has 0 fully saturated rings. The molecule has 0 heterocycles. The number of carboxylic acid groups (broad SMARTS) is 1. The third-order valence-electron chi connectivity index (χ3n) is 1.78. The van der Waals surface area contributed by atoms with Crippen LogP contribution < -0.4 is 0 Å². The predicted molar refractivity (Wildman–Crippen MR) is 43.0 cm³/mol. The van der Waals surface area contributed by atoms with Crippen molar-refractivity contribution in [1.82, 2.24) is 0 Å². The topological polar surface area (TPSA) is 37.3 Å². The molecular formula is C9H8F2O2. The summed E-state index contributed by atoms with van der Waals surface area (Å²) in [6.45, 7) is -1.80. The Hall–Kier alpha value is -1.45. The van der Waals surface area contributed by atoms with E-state index in [1.165, 1.54) is 18.2 Å². The van der Waals surface area contributed by atoms with Crippen molar-refractivity contribution in [1.29, 1.82) is 0 Å². The van der Waals surface area contributed by atoms with Crippen molar-refractivity contribution in [3.05, 3.63) is 34.9 Å². The molecule has 4 heteroatoms. The van der Waals surface area contributed by atoms with Crippen LogP contribution in [-0.2, 0) is 13.3 Å². The number of benzene rings is 1. The zero-order valence-corrected chi connectivity index (χ0v) is 6.76. The Bertz CT molecular complexity index is 323. The highest BCUT2D eigenvalue weighted by molar-refractivity contribution is 5.89. The number of halogens is 2. The predicted octanol–water partition coefficient (Wildman–Crippen LogP) is 2.32. The lowest BCUT2D eigenvalue weighted by molar-refractivity contribution is 0.0694. The molecule has 1 aromatic rings. The van der Waals surface area contributed by atoms with E-state index in [2.05, 4.69) is 0 Å². The summed E-state index contributed by atoms with van der Waals surface area (Å²) in [5, 5.41) is 8.63. The standard InChI is InChI=1S/C9H8F2O2/c10-4-6-2-1-3-7(9(12)13)8(6)5-11/h1-3H,4-5H2,(H,12,13). The number of hydrogen-bond donors (Lipinski definition) is 1. The third kappa shape index (κ3) is 1.83. The molecule has 0 amide bonds. The molecule has 0 saturated heterocycles. The Balaban J connectivity index is 3.27. The zero-order chi connectivity index (χ0) is 9.84. The molecule has 0 aromatic heterocycles. The number of carbonyl (C=O) groups is 1. The Morgan fingerprint density at radius 2 is 2.00 bits per heavy atom. The summed E-state index contributed by atoms with van der Waals surface area (Å²) in [5.41, 5.74) is -0.141. The van der Waals surface area contributed by atoms with E-state index in [1.807, 2.05) is 0 Å². The summed E-state index contributed by atoms with van der Waals surface area (Å²) >= 11 is 0. The normalized spacial score (nSPS) is 10.0. The van der Waals surface area contributed by atoms with Gasteiger partial charge < -0.3 is 5.11 Å². The summed E-state index contributed by atoms with van der Waals surface area (Å²) in [6.07, 6.45) is 0. The molecule has 0 aliphatic rings. The van der Waals surface area contributed by atoms with Crippen LogP contribution in [0.1, 0.15) is 21.5 Å². The molecule has 0 radical (unpaired) electrons. The second kappa shape index (κ2) is 3.98. The molecule has 0 spiro atoms. The van der Waals surface area contributed by atoms with Crippen LogP contribution in [0.2, 0.25) is 0 Å². The molecule has 1 N–H and O–H groups in total. The molecule has 0 unspecified atom stereocenters. The van der Waals surface area contributed by atoms with E-state index in [0.717, 1.165) is 0 Å². The second-order valence-electron chi connectivity index (χ2n) is 2.52. The number of carboxylic acids is 1. The molecular weight excluding hydrogens is 178 g/mol. The van der Waals surface area contributed by atoms with Crippen LogP contribution in [0.5, 0.6) is 0 Å². The maximum absolute atomic E-state index is 12.4. The van der Waals surface area contributed by atoms with Crippen molar-refractivity contribution in [3.8, 4) is 0 Å². The van der Waals surface area contributed by atoms with Gasteiger partial charge in [0.2, 0.25) is 0 Å². The largest absolute Gasteiger partial charge is 0.478 e. The van der Waals surface area contributed by atoms with E-state index in [4.69, 9.17) is 5.11 Å². The summed E-state index contributed by atoms with van der Waals surface area (Å²) in [4.78, 5) is 10.6. The molecule has 13 heavy (non-hydrogen) atoms. The minimum absolute atomic E-state index is 0.0718. The van der Waals surface area contributed by atoms with Gasteiger partial charge in [-0.25, -0.2) is 13.6 Å². The summed E-state index contributed by atoms with van der Waals surface area (Å²) in [5.74, 6) is -1.23. The van der Waals surface area contributed by atoms with Gasteiger partial charge in [-0.1, -0.05) is 12.1 Å². The van der Waals surface area contributed by atoms with Gasteiger partial charge in [0.1, 0.15) is 13.3 Å². The number of aromatic carboxylic acids is 1. The van der Waals surface area contributed by atoms with E-state index in [9.17, 15) is 13.6 Å². The molecule has 1 rings (SSSR count). The maximum Gasteiger partial charge on any atom is 0.336 e. The Morgan fingerprint density at radius 3 is 2.46 bits per heavy atom. The lowest BCUT2D eigenvalue weighted by Crippen LogP contribution is -2.03. The first-order valence-electron chi connectivity index (χ1n) is 3.66. The molecule has 0 aliphatic carbocycles. The quantitative estimate of drug-likeness (QED) is 0.786. The summed E-state index contributed by atoms with van der Waals surface area (Å²) in [7, 11) is 0. The van der Waals surface area contributed by atoms with E-state index < -0.39 is 19.3 Å². The van der Waals surface area contributed by atoms with Gasteiger partial charge in [0.05, 0.1) is 5.56 Å².